The van der Waals surface area contributed by atoms with Crippen molar-refractivity contribution in [2.75, 3.05) is 6.61 Å². The van der Waals surface area contributed by atoms with Crippen molar-refractivity contribution in [3.63, 3.8) is 0 Å². The molecule has 0 bridgehead atoms. The first-order valence-corrected chi connectivity index (χ1v) is 6.94. The van der Waals surface area contributed by atoms with Crippen molar-refractivity contribution in [3.05, 3.63) is 28.4 Å². The summed E-state index contributed by atoms with van der Waals surface area (Å²) in [5, 5.41) is 20.5. The molecule has 2 N–H and O–H groups in total. The summed E-state index contributed by atoms with van der Waals surface area (Å²) in [5.41, 5.74) is 1.51. The number of hydrogen-bond donors (Lipinski definition) is 2. The molecule has 1 aromatic heterocycles. The summed E-state index contributed by atoms with van der Waals surface area (Å²) in [4.78, 5) is 11.9. The number of rotatable bonds is 4. The van der Waals surface area contributed by atoms with Crippen molar-refractivity contribution >= 4 is 17.6 Å². The molecule has 0 aliphatic rings. The fourth-order valence-electron chi connectivity index (χ4n) is 1.89. The standard InChI is InChI=1S/C14H16ClN3O3/c1-4-21-14(20)12-11(16-18-17-12)9-5-8(7(2)3)6-10(15)13(9)19/h5-7,19H,4H2,1-3H3,(H,16,17,18). The van der Waals surface area contributed by atoms with E-state index in [1.807, 2.05) is 13.8 Å². The first-order chi connectivity index (χ1) is 9.95. The predicted molar refractivity (Wildman–Crippen MR) is 78.5 cm³/mol. The molecule has 0 spiro atoms. The van der Waals surface area contributed by atoms with Crippen LogP contribution in [0.15, 0.2) is 12.1 Å². The van der Waals surface area contributed by atoms with Crippen LogP contribution in [0.25, 0.3) is 11.3 Å². The molecule has 2 aromatic rings. The maximum Gasteiger partial charge on any atom is 0.361 e. The number of phenolic OH excluding ortho intramolecular Hbond substituents is 1. The molecule has 0 fully saturated rings. The topological polar surface area (TPSA) is 88.1 Å². The third-order valence-corrected chi connectivity index (χ3v) is 3.31. The Hall–Kier alpha value is -2.08. The number of nitrogens with zero attached hydrogens (tertiary/aromatic N) is 2. The van der Waals surface area contributed by atoms with Crippen LogP contribution in [0.3, 0.4) is 0 Å². The van der Waals surface area contributed by atoms with Gasteiger partial charge in [-0.05, 0) is 30.5 Å². The minimum Gasteiger partial charge on any atom is -0.506 e. The average molecular weight is 310 g/mol. The number of esters is 1. The van der Waals surface area contributed by atoms with E-state index in [1.165, 1.54) is 0 Å². The van der Waals surface area contributed by atoms with Crippen LogP contribution in [0.5, 0.6) is 5.75 Å². The van der Waals surface area contributed by atoms with E-state index in [2.05, 4.69) is 15.4 Å². The first kappa shape index (κ1) is 15.3. The SMILES string of the molecule is CCOC(=O)c1n[nH]nc1-c1cc(C(C)C)cc(Cl)c1O. The molecule has 0 saturated carbocycles. The van der Waals surface area contributed by atoms with Crippen molar-refractivity contribution in [2.45, 2.75) is 26.7 Å². The second-order valence-electron chi connectivity index (χ2n) is 4.79. The van der Waals surface area contributed by atoms with E-state index in [0.717, 1.165) is 5.56 Å². The molecule has 6 nitrogen and oxygen atoms in total. The Bertz CT molecular complexity index is 667. The molecule has 112 valence electrons. The molecular formula is C14H16ClN3O3. The van der Waals surface area contributed by atoms with Gasteiger partial charge in [0.2, 0.25) is 0 Å². The van der Waals surface area contributed by atoms with Gasteiger partial charge in [0.1, 0.15) is 11.4 Å². The number of aromatic amines is 1. The molecule has 1 heterocycles. The Balaban J connectivity index is 2.57. The monoisotopic (exact) mass is 309 g/mol. The maximum absolute atomic E-state index is 11.9. The van der Waals surface area contributed by atoms with E-state index >= 15 is 0 Å². The van der Waals surface area contributed by atoms with Crippen LogP contribution in [0.2, 0.25) is 5.02 Å². The maximum atomic E-state index is 11.9. The number of carbonyl (C=O) groups is 1. The summed E-state index contributed by atoms with van der Waals surface area (Å²) in [5.74, 6) is -0.535. The normalized spacial score (nSPS) is 10.9. The van der Waals surface area contributed by atoms with Crippen LogP contribution >= 0.6 is 11.6 Å². The Morgan fingerprint density at radius 2 is 2.14 bits per heavy atom. The lowest BCUT2D eigenvalue weighted by Gasteiger charge is -2.11. The van der Waals surface area contributed by atoms with Gasteiger partial charge in [0.15, 0.2) is 5.69 Å². The molecule has 0 amide bonds. The number of halogens is 1. The van der Waals surface area contributed by atoms with E-state index in [-0.39, 0.29) is 34.7 Å². The fourth-order valence-corrected chi connectivity index (χ4v) is 2.12. The van der Waals surface area contributed by atoms with Crippen molar-refractivity contribution < 1.29 is 14.6 Å². The third kappa shape index (κ3) is 3.00. The summed E-state index contributed by atoms with van der Waals surface area (Å²) < 4.78 is 4.92. The van der Waals surface area contributed by atoms with Crippen LogP contribution < -0.4 is 0 Å². The zero-order chi connectivity index (χ0) is 15.6. The second-order valence-corrected chi connectivity index (χ2v) is 5.20. The van der Waals surface area contributed by atoms with E-state index in [4.69, 9.17) is 16.3 Å². The van der Waals surface area contributed by atoms with Gasteiger partial charge in [-0.1, -0.05) is 25.4 Å². The molecule has 0 radical (unpaired) electrons. The smallest absolute Gasteiger partial charge is 0.361 e. The van der Waals surface area contributed by atoms with Gasteiger partial charge in [-0.15, -0.1) is 5.10 Å². The lowest BCUT2D eigenvalue weighted by Crippen LogP contribution is -2.07. The Morgan fingerprint density at radius 3 is 2.76 bits per heavy atom. The van der Waals surface area contributed by atoms with E-state index in [0.29, 0.717) is 5.56 Å². The molecule has 0 aliphatic carbocycles. The van der Waals surface area contributed by atoms with Crippen molar-refractivity contribution in [3.8, 4) is 17.0 Å². The number of H-pyrrole nitrogens is 1. The van der Waals surface area contributed by atoms with Crippen LogP contribution in [0.1, 0.15) is 42.7 Å². The van der Waals surface area contributed by atoms with Gasteiger partial charge in [-0.3, -0.25) is 0 Å². The highest BCUT2D eigenvalue weighted by atomic mass is 35.5. The number of ether oxygens (including phenoxy) is 1. The van der Waals surface area contributed by atoms with Gasteiger partial charge in [0.25, 0.3) is 0 Å². The Morgan fingerprint density at radius 1 is 1.43 bits per heavy atom. The molecule has 0 saturated heterocycles. The molecule has 1 aromatic carbocycles. The average Bonchev–Trinajstić information content (AvgIpc) is 2.91. The number of carbonyl (C=O) groups excluding carboxylic acids is 1. The highest BCUT2D eigenvalue weighted by Crippen LogP contribution is 2.38. The fraction of sp³-hybridized carbons (Fsp3) is 0.357. The lowest BCUT2D eigenvalue weighted by molar-refractivity contribution is 0.0520. The third-order valence-electron chi connectivity index (χ3n) is 3.02. The van der Waals surface area contributed by atoms with Crippen LogP contribution in [-0.4, -0.2) is 33.1 Å². The largest absolute Gasteiger partial charge is 0.506 e. The lowest BCUT2D eigenvalue weighted by atomic mass is 9.98. The summed E-state index contributed by atoms with van der Waals surface area (Å²) in [6.07, 6.45) is 0. The van der Waals surface area contributed by atoms with E-state index in [9.17, 15) is 9.90 Å². The number of nitrogens with one attached hydrogen (secondary N) is 1. The van der Waals surface area contributed by atoms with Gasteiger partial charge in [0, 0.05) is 5.56 Å². The van der Waals surface area contributed by atoms with E-state index in [1.54, 1.807) is 19.1 Å². The number of aromatic hydroxyl groups is 1. The van der Waals surface area contributed by atoms with Gasteiger partial charge >= 0.3 is 5.97 Å². The molecular weight excluding hydrogens is 294 g/mol. The highest BCUT2D eigenvalue weighted by Gasteiger charge is 2.23. The Labute approximate surface area is 127 Å². The van der Waals surface area contributed by atoms with Gasteiger partial charge < -0.3 is 9.84 Å². The van der Waals surface area contributed by atoms with E-state index < -0.39 is 5.97 Å². The summed E-state index contributed by atoms with van der Waals surface area (Å²) >= 11 is 6.05. The second kappa shape index (κ2) is 6.13. The molecule has 0 atom stereocenters. The van der Waals surface area contributed by atoms with Crippen LogP contribution in [0, 0.1) is 0 Å². The quantitative estimate of drug-likeness (QED) is 0.847. The number of aromatic nitrogens is 3. The van der Waals surface area contributed by atoms with Gasteiger partial charge in [-0.2, -0.15) is 10.3 Å². The summed E-state index contributed by atoms with van der Waals surface area (Å²) in [6.45, 7) is 5.93. The van der Waals surface area contributed by atoms with Crippen LogP contribution in [0.4, 0.5) is 0 Å². The Kier molecular flexibility index (Phi) is 4.47. The minimum absolute atomic E-state index is 0.0177. The molecule has 21 heavy (non-hydrogen) atoms. The summed E-state index contributed by atoms with van der Waals surface area (Å²) in [6, 6.07) is 3.43. The summed E-state index contributed by atoms with van der Waals surface area (Å²) in [7, 11) is 0. The minimum atomic E-state index is -0.605. The van der Waals surface area contributed by atoms with Crippen molar-refractivity contribution in [1.29, 1.82) is 0 Å². The first-order valence-electron chi connectivity index (χ1n) is 6.56. The number of benzene rings is 1. The highest BCUT2D eigenvalue weighted by molar-refractivity contribution is 6.32. The van der Waals surface area contributed by atoms with Crippen LogP contribution in [-0.2, 0) is 4.74 Å². The molecule has 2 rings (SSSR count). The molecule has 7 heteroatoms. The van der Waals surface area contributed by atoms with Gasteiger partial charge in [0.05, 0.1) is 11.6 Å². The zero-order valence-electron chi connectivity index (χ0n) is 12.0. The molecule has 0 unspecified atom stereocenters. The predicted octanol–water partition coefficient (Wildman–Crippen LogP) is 3.13. The van der Waals surface area contributed by atoms with Crippen molar-refractivity contribution in [2.24, 2.45) is 0 Å². The van der Waals surface area contributed by atoms with Gasteiger partial charge in [-0.25, -0.2) is 4.79 Å². The number of phenols is 1. The molecule has 0 aliphatic heterocycles. The van der Waals surface area contributed by atoms with Crippen molar-refractivity contribution in [1.82, 2.24) is 15.4 Å². The number of hydrogen-bond acceptors (Lipinski definition) is 5. The zero-order valence-corrected chi connectivity index (χ0v) is 12.7.